The number of hydrogen-bond acceptors (Lipinski definition) is 12. The predicted molar refractivity (Wildman–Crippen MR) is 246 cm³/mol. The molecule has 3 aromatic rings. The van der Waals surface area contributed by atoms with Crippen LogP contribution in [-0.2, 0) is 36.8 Å². The molecule has 2 aromatic carbocycles. The molecule has 4 amide bonds. The van der Waals surface area contributed by atoms with Crippen LogP contribution in [0.4, 0.5) is 0 Å². The maximum atomic E-state index is 14.5. The van der Waals surface area contributed by atoms with E-state index >= 15 is 0 Å². The molecule has 2 aliphatic heterocycles. The highest BCUT2D eigenvalue weighted by molar-refractivity contribution is 5.95. The lowest BCUT2D eigenvalue weighted by atomic mass is 9.98. The normalized spacial score (nSPS) is 27.4. The van der Waals surface area contributed by atoms with E-state index in [1.807, 2.05) is 30.3 Å². The SMILES string of the molecule is C[C@H]1CCC(=O)CCCNCCCC[C@@H](C(N)O)NC(=O)[C@H](Cc2c[nH]c3ccccc23)NC(=O)[C@H](CCCNC(=N)N)NC(=O)[C@@H](Cc2ccccc2)NC(=O)C2C[C@@H](O)CN2C1O. The first kappa shape index (κ1) is 50.6. The number of ketones is 1. The summed E-state index contributed by atoms with van der Waals surface area (Å²) >= 11 is 0. The summed E-state index contributed by atoms with van der Waals surface area (Å²) in [7, 11) is 0. The Morgan fingerprint density at radius 2 is 1.49 bits per heavy atom. The molecule has 19 heteroatoms. The minimum atomic E-state index is -1.40. The number of amides is 4. The summed E-state index contributed by atoms with van der Waals surface area (Å²) in [5, 5.41) is 58.7. The van der Waals surface area contributed by atoms with Gasteiger partial charge in [-0.15, -0.1) is 0 Å². The van der Waals surface area contributed by atoms with E-state index in [2.05, 4.69) is 36.9 Å². The van der Waals surface area contributed by atoms with E-state index in [1.165, 1.54) is 4.90 Å². The molecule has 2 saturated heterocycles. The van der Waals surface area contributed by atoms with Gasteiger partial charge in [0.2, 0.25) is 23.6 Å². The number of fused-ring (bicyclic) bond motifs is 2. The molecule has 19 nitrogen and oxygen atoms in total. The van der Waals surface area contributed by atoms with Crippen LogP contribution >= 0.6 is 0 Å². The van der Waals surface area contributed by atoms with Crippen molar-refractivity contribution < 1.29 is 39.3 Å². The van der Waals surface area contributed by atoms with Crippen LogP contribution in [0.3, 0.4) is 0 Å². The molecule has 0 radical (unpaired) electrons. The third-order valence-electron chi connectivity index (χ3n) is 12.3. The van der Waals surface area contributed by atoms with Gasteiger partial charge in [-0.2, -0.15) is 0 Å². The molecule has 65 heavy (non-hydrogen) atoms. The maximum absolute atomic E-state index is 14.5. The van der Waals surface area contributed by atoms with Crippen molar-refractivity contribution in [2.24, 2.45) is 17.4 Å². The van der Waals surface area contributed by atoms with E-state index in [1.54, 1.807) is 37.4 Å². The van der Waals surface area contributed by atoms with Gasteiger partial charge >= 0.3 is 0 Å². The minimum absolute atomic E-state index is 0.00266. The maximum Gasteiger partial charge on any atom is 0.243 e. The van der Waals surface area contributed by atoms with Crippen LogP contribution in [0.25, 0.3) is 10.9 Å². The Balaban J connectivity index is 1.46. The van der Waals surface area contributed by atoms with E-state index in [4.69, 9.17) is 16.9 Å². The fourth-order valence-corrected chi connectivity index (χ4v) is 8.54. The summed E-state index contributed by atoms with van der Waals surface area (Å²) in [4.78, 5) is 74.9. The Morgan fingerprint density at radius 3 is 2.25 bits per heavy atom. The number of aliphatic hydroxyl groups is 3. The number of nitrogens with two attached hydrogens (primary N) is 2. The zero-order valence-corrected chi connectivity index (χ0v) is 37.3. The highest BCUT2D eigenvalue weighted by atomic mass is 16.3. The number of aliphatic hydroxyl groups excluding tert-OH is 3. The van der Waals surface area contributed by atoms with Crippen molar-refractivity contribution >= 4 is 46.3 Å². The second-order valence-corrected chi connectivity index (χ2v) is 17.4. The van der Waals surface area contributed by atoms with Crippen molar-refractivity contribution in [3.63, 3.8) is 0 Å². The fourth-order valence-electron chi connectivity index (χ4n) is 8.54. The van der Waals surface area contributed by atoms with Gasteiger partial charge in [-0.3, -0.25) is 34.3 Å². The average Bonchev–Trinajstić information content (AvgIpc) is 3.89. The molecule has 9 atom stereocenters. The van der Waals surface area contributed by atoms with Gasteiger partial charge in [0, 0.05) is 55.9 Å². The number of aromatic nitrogens is 1. The first-order valence-corrected chi connectivity index (χ1v) is 22.9. The van der Waals surface area contributed by atoms with Crippen molar-refractivity contribution in [1.29, 1.82) is 5.41 Å². The molecule has 15 N–H and O–H groups in total. The molecule has 2 aliphatic rings. The lowest BCUT2D eigenvalue weighted by molar-refractivity contribution is -0.137. The van der Waals surface area contributed by atoms with Crippen LogP contribution in [0, 0.1) is 11.3 Å². The highest BCUT2D eigenvalue weighted by Crippen LogP contribution is 2.26. The number of guanidine groups is 1. The van der Waals surface area contributed by atoms with E-state index in [-0.39, 0.29) is 63.4 Å². The smallest absolute Gasteiger partial charge is 0.243 e. The number of aromatic amines is 1. The molecule has 356 valence electrons. The fraction of sp³-hybridized carbons (Fsp3) is 0.565. The Morgan fingerprint density at radius 1 is 0.831 bits per heavy atom. The van der Waals surface area contributed by atoms with Crippen LogP contribution in [0.5, 0.6) is 0 Å². The number of benzene rings is 2. The summed E-state index contributed by atoms with van der Waals surface area (Å²) in [5.74, 6) is -3.25. The van der Waals surface area contributed by atoms with Gasteiger partial charge in [0.15, 0.2) is 5.96 Å². The van der Waals surface area contributed by atoms with E-state index in [0.29, 0.717) is 57.2 Å². The molecule has 2 fully saturated rings. The van der Waals surface area contributed by atoms with Gasteiger partial charge in [0.25, 0.3) is 0 Å². The molecular formula is C46H69N11O8. The molecule has 5 rings (SSSR count). The monoisotopic (exact) mass is 904 g/mol. The van der Waals surface area contributed by atoms with Crippen molar-refractivity contribution in [1.82, 2.24) is 41.8 Å². The van der Waals surface area contributed by atoms with Gasteiger partial charge in [-0.05, 0) is 87.6 Å². The molecule has 0 saturated carbocycles. The molecule has 0 spiro atoms. The van der Waals surface area contributed by atoms with Crippen molar-refractivity contribution in [3.8, 4) is 0 Å². The number of para-hydroxylation sites is 1. The van der Waals surface area contributed by atoms with Crippen LogP contribution in [0.1, 0.15) is 82.3 Å². The number of nitrogens with zero attached hydrogens (tertiary/aromatic N) is 1. The standard InChI is InChI=1S/C46H69N11O8/c1-28-18-19-31(58)13-9-21-50-20-8-7-16-35(40(47)60)53-43(63)38(24-30-26-52-34-15-6-5-14-33(30)34)55-41(61)36(17-10-22-51-46(48)49)54-42(62)37(23-29-11-3-2-4-12-29)56-44(64)39-25-32(59)27-57(39)45(28)65/h2-6,11-12,14-15,26,28,32,35-40,45,50,52,59-60,65H,7-10,13,16-25,27,47H2,1H3,(H,53,63)(H,54,62)(H,55,61)(H,56,64)(H4,48,49,51)/t28-,32+,35-,36-,37+,38-,39?,40?,45?/m0/s1. The van der Waals surface area contributed by atoms with Crippen molar-refractivity contribution in [2.45, 2.75) is 133 Å². The molecule has 3 unspecified atom stereocenters. The van der Waals surface area contributed by atoms with Crippen LogP contribution in [0.15, 0.2) is 60.8 Å². The Kier molecular flexibility index (Phi) is 19.7. The van der Waals surface area contributed by atoms with Gasteiger partial charge in [-0.1, -0.05) is 55.5 Å². The Hall–Kier alpha value is -5.44. The van der Waals surface area contributed by atoms with Crippen molar-refractivity contribution in [3.05, 3.63) is 71.9 Å². The average molecular weight is 904 g/mol. The molecular weight excluding hydrogens is 835 g/mol. The second-order valence-electron chi connectivity index (χ2n) is 17.4. The van der Waals surface area contributed by atoms with Gasteiger partial charge in [0.05, 0.1) is 18.2 Å². The van der Waals surface area contributed by atoms with Crippen LogP contribution < -0.4 is 43.4 Å². The number of H-pyrrole nitrogens is 1. The quantitative estimate of drug-likeness (QED) is 0.0570. The molecule has 0 aliphatic carbocycles. The number of carbonyl (C=O) groups is 5. The van der Waals surface area contributed by atoms with Gasteiger partial charge in [-0.25, -0.2) is 0 Å². The van der Waals surface area contributed by atoms with Crippen LogP contribution in [0.2, 0.25) is 0 Å². The van der Waals surface area contributed by atoms with E-state index in [0.717, 1.165) is 16.5 Å². The first-order chi connectivity index (χ1) is 31.2. The summed E-state index contributed by atoms with van der Waals surface area (Å²) in [5.41, 5.74) is 13.8. The lowest BCUT2D eigenvalue weighted by Crippen LogP contribution is -2.60. The number of hydrogen-bond donors (Lipinski definition) is 13. The third-order valence-corrected chi connectivity index (χ3v) is 12.3. The Bertz CT molecular complexity index is 2030. The zero-order valence-electron chi connectivity index (χ0n) is 37.3. The van der Waals surface area contributed by atoms with E-state index < -0.39 is 78.3 Å². The summed E-state index contributed by atoms with van der Waals surface area (Å²) in [6.07, 6.45) is 1.85. The van der Waals surface area contributed by atoms with Crippen LogP contribution in [-0.4, -0.2) is 136 Å². The largest absolute Gasteiger partial charge is 0.392 e. The van der Waals surface area contributed by atoms with Gasteiger partial charge in [0.1, 0.15) is 36.4 Å². The third kappa shape index (κ3) is 15.6. The minimum Gasteiger partial charge on any atom is -0.392 e. The number of rotatable bonds is 9. The summed E-state index contributed by atoms with van der Waals surface area (Å²) in [6, 6.07) is 11.0. The van der Waals surface area contributed by atoms with Crippen molar-refractivity contribution in [2.75, 3.05) is 26.2 Å². The number of Topliss-reactive ketones (excluding diaryl/α,β-unsaturated/α-hetero) is 1. The number of carbonyl (C=O) groups excluding carboxylic acids is 5. The topological polar surface area (TPSA) is 313 Å². The first-order valence-electron chi connectivity index (χ1n) is 22.9. The summed E-state index contributed by atoms with van der Waals surface area (Å²) < 4.78 is 0. The van der Waals surface area contributed by atoms with Gasteiger partial charge < -0.3 is 63.7 Å². The lowest BCUT2D eigenvalue weighted by Gasteiger charge is -2.33. The van der Waals surface area contributed by atoms with E-state index in [9.17, 15) is 39.3 Å². The Labute approximate surface area is 380 Å². The number of nitrogens with one attached hydrogen (secondary N) is 8. The molecule has 1 aromatic heterocycles. The summed E-state index contributed by atoms with van der Waals surface area (Å²) in [6.45, 7) is 3.24. The molecule has 0 bridgehead atoms. The molecule has 3 heterocycles. The zero-order chi connectivity index (χ0) is 46.9. The predicted octanol–water partition coefficient (Wildman–Crippen LogP) is -0.275. The highest BCUT2D eigenvalue weighted by Gasteiger charge is 2.42. The second kappa shape index (κ2) is 25.3.